The number of rotatable bonds is 5. The summed E-state index contributed by atoms with van der Waals surface area (Å²) in [5.41, 5.74) is 4.08. The maximum atomic E-state index is 2.43. The zero-order chi connectivity index (χ0) is 21.8. The Bertz CT molecular complexity index is 1630. The quantitative estimate of drug-likeness (QED) is 0.197. The molecular formula is C30H30N2. The van der Waals surface area contributed by atoms with E-state index in [2.05, 4.69) is 97.0 Å². The van der Waals surface area contributed by atoms with Crippen LogP contribution >= 0.6 is 0 Å². The highest BCUT2D eigenvalue weighted by Crippen LogP contribution is 2.37. The number of hydrogen-bond donors (Lipinski definition) is 0. The molecule has 2 heteroatoms. The average molecular weight is 419 g/mol. The molecule has 0 aliphatic carbocycles. The predicted molar refractivity (Wildman–Crippen MR) is 140 cm³/mol. The van der Waals surface area contributed by atoms with Crippen molar-refractivity contribution >= 4 is 54.1 Å². The second kappa shape index (κ2) is 7.41. The normalized spacial score (nSPS) is 12.2. The topological polar surface area (TPSA) is 9.86 Å². The lowest BCUT2D eigenvalue weighted by molar-refractivity contribution is 0.651. The third-order valence-corrected chi connectivity index (χ3v) is 7.47. The van der Waals surface area contributed by atoms with E-state index in [9.17, 15) is 0 Å². The Morgan fingerprint density at radius 3 is 1.78 bits per heavy atom. The first-order chi connectivity index (χ1) is 15.7. The van der Waals surface area contributed by atoms with Crippen molar-refractivity contribution in [3.8, 4) is 0 Å². The third-order valence-electron chi connectivity index (χ3n) is 7.47. The summed E-state index contributed by atoms with van der Waals surface area (Å²) in [5.74, 6) is 0. The fourth-order valence-corrected chi connectivity index (χ4v) is 5.65. The summed E-state index contributed by atoms with van der Waals surface area (Å²) in [6, 6.07) is 23.2. The van der Waals surface area contributed by atoms with Crippen molar-refractivity contribution in [2.24, 2.45) is 14.1 Å². The minimum Gasteiger partial charge on any atom is -0.351 e. The van der Waals surface area contributed by atoms with Crippen LogP contribution in [0.4, 0.5) is 0 Å². The monoisotopic (exact) mass is 418 g/mol. The van der Waals surface area contributed by atoms with E-state index < -0.39 is 0 Å². The van der Waals surface area contributed by atoms with Crippen LogP contribution in [-0.4, -0.2) is 9.13 Å². The van der Waals surface area contributed by atoms with Crippen molar-refractivity contribution in [2.45, 2.75) is 39.0 Å². The third kappa shape index (κ3) is 2.79. The van der Waals surface area contributed by atoms with Crippen LogP contribution in [-0.2, 0) is 20.5 Å². The highest BCUT2D eigenvalue weighted by atomic mass is 14.9. The van der Waals surface area contributed by atoms with Crippen LogP contribution in [0.5, 0.6) is 0 Å². The lowest BCUT2D eigenvalue weighted by Crippen LogP contribution is -1.96. The molecule has 6 aromatic rings. The molecule has 0 saturated heterocycles. The van der Waals surface area contributed by atoms with Gasteiger partial charge in [0.15, 0.2) is 0 Å². The molecule has 2 aromatic heterocycles. The molecule has 0 aliphatic heterocycles. The van der Waals surface area contributed by atoms with Gasteiger partial charge in [0.05, 0.1) is 0 Å². The van der Waals surface area contributed by atoms with Gasteiger partial charge < -0.3 is 9.13 Å². The summed E-state index contributed by atoms with van der Waals surface area (Å²) < 4.78 is 4.60. The van der Waals surface area contributed by atoms with Gasteiger partial charge in [-0.25, -0.2) is 0 Å². The van der Waals surface area contributed by atoms with Gasteiger partial charge in [0, 0.05) is 47.8 Å². The Balaban J connectivity index is 1.55. The second-order valence-electron chi connectivity index (χ2n) is 9.35. The number of aryl methyl sites for hydroxylation is 3. The number of fused-ring (bicyclic) bond motifs is 9. The van der Waals surface area contributed by atoms with Gasteiger partial charge in [0.25, 0.3) is 0 Å². The van der Waals surface area contributed by atoms with Crippen molar-refractivity contribution in [2.75, 3.05) is 0 Å². The molecule has 2 heterocycles. The van der Waals surface area contributed by atoms with E-state index >= 15 is 0 Å². The second-order valence-corrected chi connectivity index (χ2v) is 9.35. The van der Waals surface area contributed by atoms with Crippen molar-refractivity contribution < 1.29 is 0 Å². The molecule has 6 rings (SSSR count). The van der Waals surface area contributed by atoms with Crippen LogP contribution in [0.15, 0.2) is 66.9 Å². The van der Waals surface area contributed by atoms with Gasteiger partial charge in [-0.2, -0.15) is 0 Å². The maximum absolute atomic E-state index is 2.43. The van der Waals surface area contributed by atoms with Gasteiger partial charge in [-0.15, -0.1) is 0 Å². The van der Waals surface area contributed by atoms with Gasteiger partial charge in [-0.1, -0.05) is 62.6 Å². The van der Waals surface area contributed by atoms with Crippen molar-refractivity contribution in [1.82, 2.24) is 9.13 Å². The molecule has 0 fully saturated rings. The maximum Gasteiger partial charge on any atom is 0.0486 e. The molecular weight excluding hydrogens is 388 g/mol. The minimum absolute atomic E-state index is 1.16. The molecule has 0 radical (unpaired) electrons. The summed E-state index contributed by atoms with van der Waals surface area (Å²) in [4.78, 5) is 0. The van der Waals surface area contributed by atoms with Crippen LogP contribution in [0.25, 0.3) is 54.1 Å². The van der Waals surface area contributed by atoms with Crippen molar-refractivity contribution in [3.05, 3.63) is 72.6 Å². The number of aromatic nitrogens is 2. The van der Waals surface area contributed by atoms with Gasteiger partial charge >= 0.3 is 0 Å². The first kappa shape index (κ1) is 19.4. The van der Waals surface area contributed by atoms with Crippen molar-refractivity contribution in [1.29, 1.82) is 0 Å². The lowest BCUT2D eigenvalue weighted by atomic mass is 9.94. The summed E-state index contributed by atoms with van der Waals surface area (Å²) in [5, 5.41) is 10.8. The lowest BCUT2D eigenvalue weighted by Gasteiger charge is -2.10. The van der Waals surface area contributed by atoms with Crippen LogP contribution in [0.2, 0.25) is 0 Å². The molecule has 32 heavy (non-hydrogen) atoms. The zero-order valence-electron chi connectivity index (χ0n) is 19.3. The molecule has 0 bridgehead atoms. The average Bonchev–Trinajstić information content (AvgIpc) is 3.36. The molecule has 0 spiro atoms. The van der Waals surface area contributed by atoms with Gasteiger partial charge in [-0.3, -0.25) is 0 Å². The molecule has 0 unspecified atom stereocenters. The summed E-state index contributed by atoms with van der Waals surface area (Å²) in [6.45, 7) is 2.28. The van der Waals surface area contributed by atoms with Gasteiger partial charge in [0.2, 0.25) is 0 Å². The fourth-order valence-electron chi connectivity index (χ4n) is 5.65. The standard InChI is InChI=1S/C30H30N2/c1-4-5-6-7-8-20-19-28-26-12-10-21-22(24(26)14-16-30(28)32(20)3)9-11-25-23(21)13-15-29-27(25)17-18-31(29)2/h9-19H,4-8H2,1-3H3. The molecule has 0 atom stereocenters. The number of nitrogens with zero attached hydrogens (tertiary/aromatic N) is 2. The summed E-state index contributed by atoms with van der Waals surface area (Å²) in [7, 11) is 4.34. The van der Waals surface area contributed by atoms with E-state index in [1.165, 1.54) is 85.5 Å². The molecule has 0 amide bonds. The van der Waals surface area contributed by atoms with E-state index in [1.54, 1.807) is 0 Å². The predicted octanol–water partition coefficient (Wildman–Crippen LogP) is 8.25. The molecule has 4 aromatic carbocycles. The van der Waals surface area contributed by atoms with Crippen LogP contribution < -0.4 is 0 Å². The summed E-state index contributed by atoms with van der Waals surface area (Å²) in [6.07, 6.45) is 8.54. The van der Waals surface area contributed by atoms with Crippen molar-refractivity contribution in [3.63, 3.8) is 0 Å². The zero-order valence-corrected chi connectivity index (χ0v) is 19.3. The number of benzene rings is 4. The molecule has 0 saturated carbocycles. The smallest absolute Gasteiger partial charge is 0.0486 e. The Hall–Kier alpha value is -3.26. The Labute approximate surface area is 189 Å². The van der Waals surface area contributed by atoms with Crippen LogP contribution in [0.1, 0.15) is 38.3 Å². The fraction of sp³-hybridized carbons (Fsp3) is 0.267. The molecule has 2 nitrogen and oxygen atoms in total. The Morgan fingerprint density at radius 1 is 0.562 bits per heavy atom. The Kier molecular flexibility index (Phi) is 4.50. The van der Waals surface area contributed by atoms with Gasteiger partial charge in [0.1, 0.15) is 0 Å². The van der Waals surface area contributed by atoms with E-state index in [1.807, 2.05) is 0 Å². The van der Waals surface area contributed by atoms with Gasteiger partial charge in [-0.05, 0) is 69.4 Å². The van der Waals surface area contributed by atoms with E-state index in [0.29, 0.717) is 0 Å². The van der Waals surface area contributed by atoms with E-state index in [0.717, 1.165) is 6.42 Å². The largest absolute Gasteiger partial charge is 0.351 e. The summed E-state index contributed by atoms with van der Waals surface area (Å²) >= 11 is 0. The SMILES string of the molecule is CCCCCCc1cc2c3ccc4c(ccc5c4ccc4c5ccn4C)c3ccc2n1C. The van der Waals surface area contributed by atoms with Crippen LogP contribution in [0, 0.1) is 0 Å². The highest BCUT2D eigenvalue weighted by Gasteiger charge is 2.13. The molecule has 160 valence electrons. The molecule has 0 N–H and O–H groups in total. The number of hydrogen-bond acceptors (Lipinski definition) is 0. The van der Waals surface area contributed by atoms with E-state index in [4.69, 9.17) is 0 Å². The Morgan fingerprint density at radius 2 is 1.12 bits per heavy atom. The first-order valence-corrected chi connectivity index (χ1v) is 12.0. The number of unbranched alkanes of at least 4 members (excludes halogenated alkanes) is 3. The highest BCUT2D eigenvalue weighted by molar-refractivity contribution is 6.24. The van der Waals surface area contributed by atoms with Crippen LogP contribution in [0.3, 0.4) is 0 Å². The minimum atomic E-state index is 1.16. The molecule has 0 aliphatic rings. The van der Waals surface area contributed by atoms with E-state index in [-0.39, 0.29) is 0 Å². The first-order valence-electron chi connectivity index (χ1n) is 12.0.